The maximum atomic E-state index is 12.5. The predicted octanol–water partition coefficient (Wildman–Crippen LogP) is 2.78. The molecule has 1 aromatic rings. The van der Waals surface area contributed by atoms with Gasteiger partial charge < -0.3 is 19.5 Å². The summed E-state index contributed by atoms with van der Waals surface area (Å²) in [5.41, 5.74) is -0.532. The molecule has 0 aromatic heterocycles. The largest absolute Gasteiger partial charge is 0.494 e. The van der Waals surface area contributed by atoms with Gasteiger partial charge in [-0.25, -0.2) is 0 Å². The molecule has 7 nitrogen and oxygen atoms in total. The van der Waals surface area contributed by atoms with Gasteiger partial charge in [0, 0.05) is 38.6 Å². The van der Waals surface area contributed by atoms with Crippen molar-refractivity contribution in [1.29, 1.82) is 0 Å². The lowest BCUT2D eigenvalue weighted by Gasteiger charge is -2.39. The van der Waals surface area contributed by atoms with Crippen LogP contribution >= 0.6 is 0 Å². The molecule has 154 valence electrons. The first kappa shape index (κ1) is 21.9. The standard InChI is InChI=1S/C21H29NO6/c1-3-13-28-17-7-5-16(6-8-17)18(23)9-10-19(24)22-12-4-11-21(14-22,15-27-2)20(25)26/h5-8H,3-4,9-15H2,1-2H3,(H,25,26). The number of methoxy groups -OCH3 is 1. The zero-order valence-electron chi connectivity index (χ0n) is 16.6. The number of carboxylic acid groups (broad SMARTS) is 1. The van der Waals surface area contributed by atoms with Crippen molar-refractivity contribution in [1.82, 2.24) is 4.90 Å². The first-order valence-electron chi connectivity index (χ1n) is 9.68. The minimum atomic E-state index is -1.07. The van der Waals surface area contributed by atoms with Gasteiger partial charge in [-0.1, -0.05) is 6.92 Å². The molecule has 1 fully saturated rings. The zero-order valence-corrected chi connectivity index (χ0v) is 16.6. The molecule has 0 aliphatic carbocycles. The van der Waals surface area contributed by atoms with E-state index in [4.69, 9.17) is 9.47 Å². The highest BCUT2D eigenvalue weighted by atomic mass is 16.5. The molecule has 1 aromatic carbocycles. The lowest BCUT2D eigenvalue weighted by Crippen LogP contribution is -2.52. The summed E-state index contributed by atoms with van der Waals surface area (Å²) >= 11 is 0. The third kappa shape index (κ3) is 5.55. The van der Waals surface area contributed by atoms with Gasteiger partial charge in [0.2, 0.25) is 5.91 Å². The molecule has 1 aliphatic rings. The molecule has 2 rings (SSSR count). The van der Waals surface area contributed by atoms with Crippen LogP contribution in [0.25, 0.3) is 0 Å². The highest BCUT2D eigenvalue weighted by Gasteiger charge is 2.43. The number of nitrogens with zero attached hydrogens (tertiary/aromatic N) is 1. The van der Waals surface area contributed by atoms with Gasteiger partial charge in [-0.2, -0.15) is 0 Å². The van der Waals surface area contributed by atoms with Crippen LogP contribution in [-0.4, -0.2) is 61.1 Å². The van der Waals surface area contributed by atoms with Crippen LogP contribution in [0.1, 0.15) is 49.4 Å². The van der Waals surface area contributed by atoms with Crippen LogP contribution < -0.4 is 4.74 Å². The van der Waals surface area contributed by atoms with E-state index in [0.29, 0.717) is 37.3 Å². The minimum Gasteiger partial charge on any atom is -0.494 e. The zero-order chi connectivity index (χ0) is 20.6. The number of aliphatic carboxylic acids is 1. The van der Waals surface area contributed by atoms with Crippen LogP contribution in [0.4, 0.5) is 0 Å². The van der Waals surface area contributed by atoms with Crippen LogP contribution in [0, 0.1) is 5.41 Å². The van der Waals surface area contributed by atoms with Gasteiger partial charge in [0.15, 0.2) is 5.78 Å². The topological polar surface area (TPSA) is 93.1 Å². The Balaban J connectivity index is 1.90. The van der Waals surface area contributed by atoms with Crippen LogP contribution in [0.3, 0.4) is 0 Å². The first-order valence-corrected chi connectivity index (χ1v) is 9.68. The van der Waals surface area contributed by atoms with Gasteiger partial charge in [0.1, 0.15) is 11.2 Å². The number of carbonyl (C=O) groups is 3. The van der Waals surface area contributed by atoms with E-state index in [2.05, 4.69) is 0 Å². The van der Waals surface area contributed by atoms with Crippen molar-refractivity contribution in [3.8, 4) is 5.75 Å². The summed E-state index contributed by atoms with van der Waals surface area (Å²) < 4.78 is 10.6. The fraction of sp³-hybridized carbons (Fsp3) is 0.571. The lowest BCUT2D eigenvalue weighted by molar-refractivity contribution is -0.159. The maximum absolute atomic E-state index is 12.5. The number of ketones is 1. The molecule has 0 saturated carbocycles. The molecule has 0 radical (unpaired) electrons. The molecule has 1 atom stereocenters. The molecular weight excluding hydrogens is 362 g/mol. The smallest absolute Gasteiger partial charge is 0.313 e. The Kier molecular flexibility index (Phi) is 7.99. The van der Waals surface area contributed by atoms with E-state index in [-0.39, 0.29) is 37.7 Å². The highest BCUT2D eigenvalue weighted by molar-refractivity contribution is 5.98. The number of Topliss-reactive ketones (excluding diaryl/α,β-unsaturated/α-hetero) is 1. The lowest BCUT2D eigenvalue weighted by atomic mass is 9.80. The number of hydrogen-bond donors (Lipinski definition) is 1. The predicted molar refractivity (Wildman–Crippen MR) is 104 cm³/mol. The third-order valence-corrected chi connectivity index (χ3v) is 5.02. The van der Waals surface area contributed by atoms with Gasteiger partial charge in [0.05, 0.1) is 13.2 Å². The van der Waals surface area contributed by atoms with E-state index >= 15 is 0 Å². The Labute approximate surface area is 165 Å². The Morgan fingerprint density at radius 1 is 1.18 bits per heavy atom. The fourth-order valence-electron chi connectivity index (χ4n) is 3.45. The summed E-state index contributed by atoms with van der Waals surface area (Å²) in [6, 6.07) is 6.90. The average Bonchev–Trinajstić information content (AvgIpc) is 2.70. The van der Waals surface area contributed by atoms with Crippen molar-refractivity contribution in [2.45, 2.75) is 39.0 Å². The van der Waals surface area contributed by atoms with Gasteiger partial charge in [-0.3, -0.25) is 14.4 Å². The number of carboxylic acids is 1. The van der Waals surface area contributed by atoms with Crippen molar-refractivity contribution in [2.24, 2.45) is 5.41 Å². The van der Waals surface area contributed by atoms with Crippen LogP contribution in [-0.2, 0) is 14.3 Å². The van der Waals surface area contributed by atoms with Gasteiger partial charge >= 0.3 is 5.97 Å². The van der Waals surface area contributed by atoms with Crippen molar-refractivity contribution >= 4 is 17.7 Å². The van der Waals surface area contributed by atoms with E-state index in [9.17, 15) is 19.5 Å². The van der Waals surface area contributed by atoms with E-state index in [0.717, 1.165) is 6.42 Å². The molecule has 7 heteroatoms. The number of carbonyl (C=O) groups excluding carboxylic acids is 2. The van der Waals surface area contributed by atoms with E-state index in [1.165, 1.54) is 7.11 Å². The van der Waals surface area contributed by atoms with Gasteiger partial charge in [0.25, 0.3) is 0 Å². The normalized spacial score (nSPS) is 19.3. The molecule has 1 amide bonds. The Morgan fingerprint density at radius 3 is 2.50 bits per heavy atom. The van der Waals surface area contributed by atoms with Gasteiger partial charge in [-0.15, -0.1) is 0 Å². The number of piperidine rings is 1. The number of rotatable bonds is 10. The second-order valence-corrected chi connectivity index (χ2v) is 7.23. The van der Waals surface area contributed by atoms with Crippen molar-refractivity contribution < 1.29 is 29.0 Å². The molecule has 1 aliphatic heterocycles. The quantitative estimate of drug-likeness (QED) is 0.617. The molecule has 28 heavy (non-hydrogen) atoms. The molecule has 1 saturated heterocycles. The molecule has 1 N–H and O–H groups in total. The van der Waals surface area contributed by atoms with E-state index < -0.39 is 11.4 Å². The summed E-state index contributed by atoms with van der Waals surface area (Å²) in [6.45, 7) is 3.34. The monoisotopic (exact) mass is 391 g/mol. The summed E-state index contributed by atoms with van der Waals surface area (Å²) in [4.78, 5) is 38.2. The summed E-state index contributed by atoms with van der Waals surface area (Å²) in [5, 5.41) is 9.58. The van der Waals surface area contributed by atoms with Crippen molar-refractivity contribution in [2.75, 3.05) is 33.4 Å². The molecule has 0 bridgehead atoms. The Morgan fingerprint density at radius 2 is 1.89 bits per heavy atom. The minimum absolute atomic E-state index is 0.0651. The number of amides is 1. The van der Waals surface area contributed by atoms with E-state index in [1.54, 1.807) is 29.2 Å². The molecule has 0 spiro atoms. The average molecular weight is 391 g/mol. The Hall–Kier alpha value is -2.41. The summed E-state index contributed by atoms with van der Waals surface area (Å²) in [7, 11) is 1.46. The van der Waals surface area contributed by atoms with Crippen molar-refractivity contribution in [3.63, 3.8) is 0 Å². The van der Waals surface area contributed by atoms with Crippen molar-refractivity contribution in [3.05, 3.63) is 29.8 Å². The first-order chi connectivity index (χ1) is 13.4. The fourth-order valence-corrected chi connectivity index (χ4v) is 3.45. The maximum Gasteiger partial charge on any atom is 0.313 e. The SMILES string of the molecule is CCCOc1ccc(C(=O)CCC(=O)N2CCCC(COC)(C(=O)O)C2)cc1. The molecule has 1 heterocycles. The number of hydrogen-bond acceptors (Lipinski definition) is 5. The Bertz CT molecular complexity index is 683. The second-order valence-electron chi connectivity index (χ2n) is 7.23. The summed E-state index contributed by atoms with van der Waals surface area (Å²) in [6.07, 6.45) is 2.15. The third-order valence-electron chi connectivity index (χ3n) is 5.02. The number of likely N-dealkylation sites (tertiary alicyclic amines) is 1. The van der Waals surface area contributed by atoms with Crippen LogP contribution in [0.2, 0.25) is 0 Å². The number of ether oxygens (including phenoxy) is 2. The van der Waals surface area contributed by atoms with Crippen LogP contribution in [0.15, 0.2) is 24.3 Å². The summed E-state index contributed by atoms with van der Waals surface area (Å²) in [5.74, 6) is -0.550. The van der Waals surface area contributed by atoms with Crippen LogP contribution in [0.5, 0.6) is 5.75 Å². The highest BCUT2D eigenvalue weighted by Crippen LogP contribution is 2.31. The van der Waals surface area contributed by atoms with Gasteiger partial charge in [-0.05, 0) is 43.5 Å². The second kappa shape index (κ2) is 10.2. The number of benzene rings is 1. The van der Waals surface area contributed by atoms with E-state index in [1.807, 2.05) is 6.92 Å². The molecule has 1 unspecified atom stereocenters. The molecular formula is C21H29NO6.